The molecule has 2 aromatic rings. The first kappa shape index (κ1) is 14.7. The van der Waals surface area contributed by atoms with Crippen molar-refractivity contribution >= 4 is 62.3 Å². The molecule has 0 aliphatic carbocycles. The second kappa shape index (κ2) is 6.14. The summed E-state index contributed by atoms with van der Waals surface area (Å²) >= 11 is 21.1. The summed E-state index contributed by atoms with van der Waals surface area (Å²) < 4.78 is 0.692. The van der Waals surface area contributed by atoms with Gasteiger partial charge in [-0.25, -0.2) is 0 Å². The molecule has 2 aromatic carbocycles. The second-order valence-electron chi connectivity index (χ2n) is 3.68. The molecule has 98 valence electrons. The number of hydrogen-bond donors (Lipinski definition) is 1. The van der Waals surface area contributed by atoms with E-state index in [0.717, 1.165) is 0 Å². The van der Waals surface area contributed by atoms with Gasteiger partial charge in [0, 0.05) is 10.2 Å². The van der Waals surface area contributed by atoms with E-state index in [2.05, 4.69) is 21.2 Å². The summed E-state index contributed by atoms with van der Waals surface area (Å²) in [7, 11) is 0. The van der Waals surface area contributed by atoms with Crippen LogP contribution in [0.25, 0.3) is 0 Å². The number of carbonyl (C=O) groups excluding carboxylic acids is 1. The molecule has 0 heterocycles. The first-order chi connectivity index (χ1) is 8.99. The fourth-order valence-corrected chi connectivity index (χ4v) is 2.55. The summed E-state index contributed by atoms with van der Waals surface area (Å²) in [4.78, 5) is 12.1. The van der Waals surface area contributed by atoms with Gasteiger partial charge in [0.15, 0.2) is 0 Å². The van der Waals surface area contributed by atoms with Crippen LogP contribution in [0, 0.1) is 0 Å². The van der Waals surface area contributed by atoms with E-state index in [-0.39, 0.29) is 11.5 Å². The van der Waals surface area contributed by atoms with Crippen LogP contribution in [-0.2, 0) is 0 Å². The highest BCUT2D eigenvalue weighted by atomic mass is 79.9. The zero-order chi connectivity index (χ0) is 14.0. The molecule has 0 bridgehead atoms. The fourth-order valence-electron chi connectivity index (χ4n) is 1.48. The fraction of sp³-hybridized carbons (Fsp3) is 0. The van der Waals surface area contributed by atoms with Crippen molar-refractivity contribution < 1.29 is 4.79 Å². The molecule has 0 atom stereocenters. The highest BCUT2D eigenvalue weighted by molar-refractivity contribution is 9.10. The van der Waals surface area contributed by atoms with E-state index in [1.807, 2.05) is 0 Å². The number of amides is 1. The zero-order valence-corrected chi connectivity index (χ0v) is 13.2. The number of hydrogen-bond acceptors (Lipinski definition) is 1. The molecule has 0 saturated heterocycles. The number of halogens is 4. The van der Waals surface area contributed by atoms with Gasteiger partial charge < -0.3 is 5.32 Å². The van der Waals surface area contributed by atoms with Crippen LogP contribution in [0.5, 0.6) is 0 Å². The van der Waals surface area contributed by atoms with E-state index in [9.17, 15) is 4.79 Å². The molecule has 0 radical (unpaired) electrons. The normalized spacial score (nSPS) is 10.3. The van der Waals surface area contributed by atoms with Crippen LogP contribution < -0.4 is 5.32 Å². The molecule has 0 aliphatic heterocycles. The predicted molar refractivity (Wildman–Crippen MR) is 83.6 cm³/mol. The van der Waals surface area contributed by atoms with Gasteiger partial charge in [-0.1, -0.05) is 40.9 Å². The Kier molecular flexibility index (Phi) is 4.74. The van der Waals surface area contributed by atoms with E-state index in [0.29, 0.717) is 25.2 Å². The SMILES string of the molecule is O=C(Nc1ccc(Cl)c(Br)c1)c1c(Cl)cccc1Cl. The summed E-state index contributed by atoms with van der Waals surface area (Å²) in [6, 6.07) is 9.97. The zero-order valence-electron chi connectivity index (χ0n) is 9.38. The van der Waals surface area contributed by atoms with E-state index in [4.69, 9.17) is 34.8 Å². The summed E-state index contributed by atoms with van der Waals surface area (Å²) in [5.41, 5.74) is 0.842. The van der Waals surface area contributed by atoms with Gasteiger partial charge >= 0.3 is 0 Å². The third-order valence-electron chi connectivity index (χ3n) is 2.37. The lowest BCUT2D eigenvalue weighted by atomic mass is 10.2. The Morgan fingerprint density at radius 2 is 1.63 bits per heavy atom. The van der Waals surface area contributed by atoms with Crippen molar-refractivity contribution in [2.75, 3.05) is 5.32 Å². The van der Waals surface area contributed by atoms with Crippen molar-refractivity contribution in [2.45, 2.75) is 0 Å². The molecule has 0 spiro atoms. The number of carbonyl (C=O) groups is 1. The first-order valence-corrected chi connectivity index (χ1v) is 7.12. The third kappa shape index (κ3) is 3.42. The highest BCUT2D eigenvalue weighted by Crippen LogP contribution is 2.28. The largest absolute Gasteiger partial charge is 0.322 e. The van der Waals surface area contributed by atoms with Crippen molar-refractivity contribution in [2.24, 2.45) is 0 Å². The van der Waals surface area contributed by atoms with Crippen LogP contribution >= 0.6 is 50.7 Å². The first-order valence-electron chi connectivity index (χ1n) is 5.19. The minimum atomic E-state index is -0.371. The molecule has 0 aromatic heterocycles. The summed E-state index contributed by atoms with van der Waals surface area (Å²) in [5, 5.41) is 3.88. The van der Waals surface area contributed by atoms with Crippen molar-refractivity contribution in [3.05, 3.63) is 61.5 Å². The van der Waals surface area contributed by atoms with Gasteiger partial charge in [0.1, 0.15) is 0 Å². The summed E-state index contributed by atoms with van der Waals surface area (Å²) in [5.74, 6) is -0.371. The van der Waals surface area contributed by atoms with Gasteiger partial charge in [0.2, 0.25) is 0 Å². The number of nitrogens with one attached hydrogen (secondary N) is 1. The topological polar surface area (TPSA) is 29.1 Å². The average molecular weight is 379 g/mol. The van der Waals surface area contributed by atoms with E-state index >= 15 is 0 Å². The van der Waals surface area contributed by atoms with Crippen molar-refractivity contribution in [1.82, 2.24) is 0 Å². The maximum atomic E-state index is 12.1. The molecule has 0 aliphatic rings. The van der Waals surface area contributed by atoms with E-state index in [1.54, 1.807) is 36.4 Å². The molecule has 1 amide bonds. The molecule has 0 unspecified atom stereocenters. The monoisotopic (exact) mass is 377 g/mol. The smallest absolute Gasteiger partial charge is 0.258 e. The van der Waals surface area contributed by atoms with Gasteiger partial charge in [0.25, 0.3) is 5.91 Å². The number of anilines is 1. The van der Waals surface area contributed by atoms with E-state index in [1.165, 1.54) is 0 Å². The molecule has 2 rings (SSSR count). The van der Waals surface area contributed by atoms with Crippen molar-refractivity contribution in [1.29, 1.82) is 0 Å². The maximum Gasteiger partial charge on any atom is 0.258 e. The Hall–Kier alpha value is -0.740. The highest BCUT2D eigenvalue weighted by Gasteiger charge is 2.14. The Bertz CT molecular complexity index is 626. The van der Waals surface area contributed by atoms with Gasteiger partial charge in [-0.15, -0.1) is 0 Å². The minimum absolute atomic E-state index is 0.247. The predicted octanol–water partition coefficient (Wildman–Crippen LogP) is 5.66. The Morgan fingerprint density at radius 3 is 2.21 bits per heavy atom. The summed E-state index contributed by atoms with van der Waals surface area (Å²) in [6.07, 6.45) is 0. The summed E-state index contributed by atoms with van der Waals surface area (Å²) in [6.45, 7) is 0. The van der Waals surface area contributed by atoms with Gasteiger partial charge in [-0.3, -0.25) is 4.79 Å². The molecule has 0 saturated carbocycles. The third-order valence-corrected chi connectivity index (χ3v) is 4.21. The van der Waals surface area contributed by atoms with Gasteiger partial charge in [0.05, 0.1) is 20.6 Å². The van der Waals surface area contributed by atoms with Crippen molar-refractivity contribution in [3.63, 3.8) is 0 Å². The molecule has 1 N–H and O–H groups in total. The van der Waals surface area contributed by atoms with Crippen molar-refractivity contribution in [3.8, 4) is 0 Å². The van der Waals surface area contributed by atoms with Crippen LogP contribution in [-0.4, -0.2) is 5.91 Å². The second-order valence-corrected chi connectivity index (χ2v) is 5.76. The Morgan fingerprint density at radius 1 is 1.00 bits per heavy atom. The Balaban J connectivity index is 2.28. The molecule has 2 nitrogen and oxygen atoms in total. The standard InChI is InChI=1S/C13H7BrCl3NO/c14-8-6-7(4-5-9(8)15)18-13(19)12-10(16)2-1-3-11(12)17/h1-6H,(H,18,19). The maximum absolute atomic E-state index is 12.1. The van der Waals surface area contributed by atoms with Crippen LogP contribution in [0.2, 0.25) is 15.1 Å². The lowest BCUT2D eigenvalue weighted by Gasteiger charge is -2.09. The van der Waals surface area contributed by atoms with E-state index < -0.39 is 0 Å². The van der Waals surface area contributed by atoms with Crippen LogP contribution in [0.4, 0.5) is 5.69 Å². The lowest BCUT2D eigenvalue weighted by Crippen LogP contribution is -2.13. The number of benzene rings is 2. The average Bonchev–Trinajstić information content (AvgIpc) is 2.33. The molecular formula is C13H7BrCl3NO. The van der Waals surface area contributed by atoms with Crippen LogP contribution in [0.15, 0.2) is 40.9 Å². The van der Waals surface area contributed by atoms with Gasteiger partial charge in [-0.2, -0.15) is 0 Å². The van der Waals surface area contributed by atoms with Crippen LogP contribution in [0.3, 0.4) is 0 Å². The Labute approximate surface area is 133 Å². The molecule has 6 heteroatoms. The lowest BCUT2D eigenvalue weighted by molar-refractivity contribution is 0.102. The molecular weight excluding hydrogens is 372 g/mol. The minimum Gasteiger partial charge on any atom is -0.322 e. The van der Waals surface area contributed by atoms with Crippen LogP contribution in [0.1, 0.15) is 10.4 Å². The quantitative estimate of drug-likeness (QED) is 0.716. The molecule has 19 heavy (non-hydrogen) atoms. The number of rotatable bonds is 2. The van der Waals surface area contributed by atoms with Gasteiger partial charge in [-0.05, 0) is 46.3 Å². The molecule has 0 fully saturated rings.